The SMILES string of the molecule is NC(=O)C(NC=O)C1=CN=CCC=C1.OCCCc1nc2ccccc2n1Cc1ccc(C2CCCCC2)cc1. The maximum Gasteiger partial charge on any atom is 0.244 e. The first-order chi connectivity index (χ1) is 19.6. The summed E-state index contributed by atoms with van der Waals surface area (Å²) >= 11 is 0. The average Bonchev–Trinajstić information content (AvgIpc) is 3.13. The van der Waals surface area contributed by atoms with E-state index in [0.717, 1.165) is 36.6 Å². The Balaban J connectivity index is 0.000000224. The molecule has 2 amide bonds. The number of aromatic nitrogens is 2. The number of aliphatic imine (C=N–C) groups is 1. The molecule has 0 radical (unpaired) electrons. The summed E-state index contributed by atoms with van der Waals surface area (Å²) in [6.45, 7) is 1.05. The number of aliphatic hydroxyl groups excluding tert-OH is 1. The fraction of sp³-hybridized carbons (Fsp3) is 0.375. The number of nitrogens with two attached hydrogens (primary N) is 1. The van der Waals surface area contributed by atoms with Gasteiger partial charge in [-0.3, -0.25) is 14.6 Å². The lowest BCUT2D eigenvalue weighted by Gasteiger charge is -2.22. The van der Waals surface area contributed by atoms with Crippen LogP contribution < -0.4 is 11.1 Å². The fourth-order valence-corrected chi connectivity index (χ4v) is 5.33. The van der Waals surface area contributed by atoms with E-state index < -0.39 is 11.9 Å². The number of rotatable bonds is 10. The van der Waals surface area contributed by atoms with Crippen LogP contribution in [0.2, 0.25) is 0 Å². The second-order valence-electron chi connectivity index (χ2n) is 10.2. The van der Waals surface area contributed by atoms with Crippen LogP contribution in [-0.4, -0.2) is 45.8 Å². The van der Waals surface area contributed by atoms with Crippen molar-refractivity contribution < 1.29 is 14.7 Å². The van der Waals surface area contributed by atoms with E-state index in [1.807, 2.05) is 12.1 Å². The van der Waals surface area contributed by atoms with Gasteiger partial charge >= 0.3 is 0 Å². The standard InChI is InChI=1S/C23H28N2O.C9H11N3O2/c26-16-6-11-23-24-21-9-4-5-10-22(21)25(23)17-18-12-14-20(15-13-18)19-7-2-1-3-8-19;10-9(14)8(12-6-13)7-3-1-2-4-11-5-7/h4-5,9-10,12-15,19,26H,1-3,6-8,11,16-17H2;1,3-6,8H,2H2,(H2,10,14)(H,12,13). The Hall–Kier alpha value is -4.04. The normalized spacial score (nSPS) is 16.0. The molecule has 3 aromatic rings. The Morgan fingerprint density at radius 1 is 1.12 bits per heavy atom. The topological polar surface area (TPSA) is 123 Å². The first-order valence-electron chi connectivity index (χ1n) is 14.1. The number of imidazole rings is 1. The van der Waals surface area contributed by atoms with Gasteiger partial charge in [0.25, 0.3) is 0 Å². The van der Waals surface area contributed by atoms with E-state index in [1.54, 1.807) is 12.3 Å². The molecule has 1 aliphatic carbocycles. The van der Waals surface area contributed by atoms with E-state index in [0.29, 0.717) is 18.4 Å². The summed E-state index contributed by atoms with van der Waals surface area (Å²) < 4.78 is 2.31. The number of benzene rings is 2. The van der Waals surface area contributed by atoms with Gasteiger partial charge in [0.2, 0.25) is 12.3 Å². The summed E-state index contributed by atoms with van der Waals surface area (Å²) in [5, 5.41) is 11.5. The quantitative estimate of drug-likeness (QED) is 0.326. The number of hydrogen-bond donors (Lipinski definition) is 3. The monoisotopic (exact) mass is 541 g/mol. The van der Waals surface area contributed by atoms with Crippen LogP contribution in [0, 0.1) is 0 Å². The molecule has 1 aromatic heterocycles. The third kappa shape index (κ3) is 7.76. The lowest BCUT2D eigenvalue weighted by atomic mass is 9.84. The second-order valence-corrected chi connectivity index (χ2v) is 10.2. The Morgan fingerprint density at radius 3 is 2.62 bits per heavy atom. The van der Waals surface area contributed by atoms with Crippen molar-refractivity contribution in [3.63, 3.8) is 0 Å². The number of fused-ring (bicyclic) bond motifs is 1. The van der Waals surface area contributed by atoms with Gasteiger partial charge in [-0.05, 0) is 48.4 Å². The number of aliphatic hydroxyl groups is 1. The predicted molar refractivity (Wildman–Crippen MR) is 159 cm³/mol. The molecule has 1 fully saturated rings. The van der Waals surface area contributed by atoms with Crippen LogP contribution in [0.15, 0.2) is 77.4 Å². The molecule has 2 aliphatic rings. The Kier molecular flexibility index (Phi) is 10.8. The average molecular weight is 542 g/mol. The summed E-state index contributed by atoms with van der Waals surface area (Å²) in [6.07, 6.45) is 16.3. The lowest BCUT2D eigenvalue weighted by molar-refractivity contribution is -0.121. The number of hydrogen-bond acceptors (Lipinski definition) is 5. The maximum absolute atomic E-state index is 11.0. The van der Waals surface area contributed by atoms with Crippen molar-refractivity contribution in [3.8, 4) is 0 Å². The van der Waals surface area contributed by atoms with Gasteiger partial charge in [0, 0.05) is 44.0 Å². The summed E-state index contributed by atoms with van der Waals surface area (Å²) in [5.74, 6) is 1.22. The van der Waals surface area contributed by atoms with Crippen molar-refractivity contribution in [2.45, 2.75) is 69.9 Å². The number of aryl methyl sites for hydroxylation is 1. The number of carbonyl (C=O) groups excluding carboxylic acids is 2. The van der Waals surface area contributed by atoms with E-state index in [4.69, 9.17) is 10.7 Å². The summed E-state index contributed by atoms with van der Waals surface area (Å²) in [4.78, 5) is 29.9. The highest BCUT2D eigenvalue weighted by atomic mass is 16.3. The Labute approximate surface area is 235 Å². The molecule has 40 heavy (non-hydrogen) atoms. The van der Waals surface area contributed by atoms with Crippen molar-refractivity contribution >= 4 is 29.6 Å². The van der Waals surface area contributed by atoms with Gasteiger partial charge in [-0.2, -0.15) is 0 Å². The van der Waals surface area contributed by atoms with Gasteiger partial charge in [0.15, 0.2) is 0 Å². The predicted octanol–water partition coefficient (Wildman–Crippen LogP) is 4.56. The zero-order valence-electron chi connectivity index (χ0n) is 22.9. The van der Waals surface area contributed by atoms with Crippen molar-refractivity contribution in [1.29, 1.82) is 0 Å². The Morgan fingerprint density at radius 2 is 1.90 bits per heavy atom. The number of nitrogens with zero attached hydrogens (tertiary/aromatic N) is 3. The molecule has 2 aromatic carbocycles. The summed E-state index contributed by atoms with van der Waals surface area (Å²) in [5.41, 5.74) is 10.7. The number of amides is 2. The van der Waals surface area contributed by atoms with Gasteiger partial charge in [0.05, 0.1) is 11.0 Å². The maximum atomic E-state index is 11.0. The molecule has 0 saturated heterocycles. The molecule has 4 N–H and O–H groups in total. The molecule has 8 nitrogen and oxygen atoms in total. The number of allylic oxidation sites excluding steroid dienone is 1. The third-order valence-electron chi connectivity index (χ3n) is 7.42. The number of nitrogens with one attached hydrogen (secondary N) is 1. The fourth-order valence-electron chi connectivity index (χ4n) is 5.33. The molecule has 2 heterocycles. The van der Waals surface area contributed by atoms with Crippen molar-refractivity contribution in [1.82, 2.24) is 14.9 Å². The molecule has 1 aliphatic heterocycles. The van der Waals surface area contributed by atoms with Gasteiger partial charge in [-0.1, -0.05) is 67.8 Å². The van der Waals surface area contributed by atoms with Crippen LogP contribution in [0.25, 0.3) is 11.0 Å². The van der Waals surface area contributed by atoms with Gasteiger partial charge in [-0.15, -0.1) is 0 Å². The minimum atomic E-state index is -0.806. The van der Waals surface area contributed by atoms with Gasteiger partial charge < -0.3 is 20.7 Å². The lowest BCUT2D eigenvalue weighted by Crippen LogP contribution is -2.41. The van der Waals surface area contributed by atoms with Crippen molar-refractivity contribution in [2.75, 3.05) is 6.61 Å². The molecule has 0 bridgehead atoms. The largest absolute Gasteiger partial charge is 0.396 e. The zero-order chi connectivity index (χ0) is 28.2. The molecule has 1 unspecified atom stereocenters. The van der Waals surface area contributed by atoms with Gasteiger partial charge in [-0.25, -0.2) is 4.98 Å². The first kappa shape index (κ1) is 29.0. The van der Waals surface area contributed by atoms with E-state index in [9.17, 15) is 14.7 Å². The van der Waals surface area contributed by atoms with Crippen LogP contribution in [-0.2, 0) is 22.6 Å². The smallest absolute Gasteiger partial charge is 0.244 e. The van der Waals surface area contributed by atoms with E-state index >= 15 is 0 Å². The molecule has 5 rings (SSSR count). The number of primary amides is 1. The highest BCUT2D eigenvalue weighted by Crippen LogP contribution is 2.32. The number of carbonyl (C=O) groups is 2. The van der Waals surface area contributed by atoms with E-state index in [2.05, 4.69) is 57.3 Å². The van der Waals surface area contributed by atoms with Crippen molar-refractivity contribution in [3.05, 3.63) is 89.4 Å². The molecular weight excluding hydrogens is 502 g/mol. The molecule has 1 saturated carbocycles. The molecule has 0 spiro atoms. The van der Waals surface area contributed by atoms with Crippen LogP contribution in [0.4, 0.5) is 0 Å². The van der Waals surface area contributed by atoms with Crippen molar-refractivity contribution in [2.24, 2.45) is 10.7 Å². The second kappa shape index (κ2) is 14.9. The third-order valence-corrected chi connectivity index (χ3v) is 7.42. The molecule has 210 valence electrons. The van der Waals surface area contributed by atoms with E-state index in [-0.39, 0.29) is 6.61 Å². The number of para-hydroxylation sites is 2. The van der Waals surface area contributed by atoms with Crippen LogP contribution in [0.1, 0.15) is 67.8 Å². The minimum Gasteiger partial charge on any atom is -0.396 e. The first-order valence-corrected chi connectivity index (χ1v) is 14.1. The highest BCUT2D eigenvalue weighted by molar-refractivity contribution is 5.86. The zero-order valence-corrected chi connectivity index (χ0v) is 22.9. The van der Waals surface area contributed by atoms with Crippen LogP contribution in [0.5, 0.6) is 0 Å². The highest BCUT2D eigenvalue weighted by Gasteiger charge is 2.18. The van der Waals surface area contributed by atoms with E-state index in [1.165, 1.54) is 54.9 Å². The molecular formula is C32H39N5O3. The molecule has 8 heteroatoms. The molecule has 1 atom stereocenters. The summed E-state index contributed by atoms with van der Waals surface area (Å²) in [7, 11) is 0. The van der Waals surface area contributed by atoms with Gasteiger partial charge in [0.1, 0.15) is 11.9 Å². The van der Waals surface area contributed by atoms with Crippen LogP contribution in [0.3, 0.4) is 0 Å². The Bertz CT molecular complexity index is 1350. The minimum absolute atomic E-state index is 0.208. The van der Waals surface area contributed by atoms with Crippen LogP contribution >= 0.6 is 0 Å². The summed E-state index contributed by atoms with van der Waals surface area (Å²) in [6, 6.07) is 16.7.